The second-order valence-corrected chi connectivity index (χ2v) is 10.3. The van der Waals surface area contributed by atoms with Gasteiger partial charge in [0.1, 0.15) is 11.8 Å². The summed E-state index contributed by atoms with van der Waals surface area (Å²) in [6, 6.07) is 6.66. The highest BCUT2D eigenvalue weighted by molar-refractivity contribution is 5.78. The number of halogens is 2. The van der Waals surface area contributed by atoms with Crippen LogP contribution in [0, 0.1) is 17.2 Å². The average molecular weight is 483 g/mol. The number of hydrogen-bond acceptors (Lipinski definition) is 6. The number of nitriles is 1. The van der Waals surface area contributed by atoms with E-state index < -0.39 is 17.4 Å². The van der Waals surface area contributed by atoms with Gasteiger partial charge in [-0.05, 0) is 40.2 Å². The SMILES string of the molecule is CC1(C)CC(Cn2cc(Cn3cc(C#N)c(-c4cccc5c4OC(F)(F)O5)c3)nn2)C(C)(C)N1[O]. The van der Waals surface area contributed by atoms with Crippen LogP contribution in [0.25, 0.3) is 11.1 Å². The minimum absolute atomic E-state index is 0.0817. The molecule has 3 aromatic rings. The quantitative estimate of drug-likeness (QED) is 0.539. The highest BCUT2D eigenvalue weighted by Gasteiger charge is 2.52. The molecule has 35 heavy (non-hydrogen) atoms. The van der Waals surface area contributed by atoms with Crippen LogP contribution >= 0.6 is 0 Å². The van der Waals surface area contributed by atoms with E-state index in [1.54, 1.807) is 33.8 Å². The molecule has 0 bridgehead atoms. The third-order valence-corrected chi connectivity index (χ3v) is 6.88. The van der Waals surface area contributed by atoms with Crippen LogP contribution in [0.15, 0.2) is 36.8 Å². The number of para-hydroxylation sites is 1. The molecule has 1 radical (unpaired) electrons. The maximum atomic E-state index is 13.6. The number of rotatable bonds is 5. The topological polar surface area (TPSA) is 101 Å². The Hall–Kier alpha value is -3.49. The standard InChI is InChI=1S/C24H25F2N6O3/c1-22(2)8-16(23(3,4)32(22)33)11-31-13-17(28-29-31)12-30-10-15(9-27)19(14-30)18-6-5-7-20-21(18)35-24(25,26)34-20/h5-7,10,13-14,16H,8,11-12H2,1-4H3. The molecule has 0 saturated carbocycles. The molecule has 9 nitrogen and oxygen atoms in total. The van der Waals surface area contributed by atoms with E-state index >= 15 is 0 Å². The third kappa shape index (κ3) is 4.02. The van der Waals surface area contributed by atoms with Crippen LogP contribution in [0.4, 0.5) is 8.78 Å². The second kappa shape index (κ2) is 7.76. The summed E-state index contributed by atoms with van der Waals surface area (Å²) in [7, 11) is 0. The summed E-state index contributed by atoms with van der Waals surface area (Å²) < 4.78 is 39.9. The van der Waals surface area contributed by atoms with Gasteiger partial charge in [0.15, 0.2) is 11.5 Å². The number of fused-ring (bicyclic) bond motifs is 1. The number of hydrogen-bond donors (Lipinski definition) is 0. The molecule has 2 aliphatic rings. The van der Waals surface area contributed by atoms with E-state index in [0.29, 0.717) is 35.5 Å². The molecule has 0 spiro atoms. The molecule has 2 aromatic heterocycles. The van der Waals surface area contributed by atoms with E-state index in [2.05, 4.69) is 25.9 Å². The average Bonchev–Trinajstić information content (AvgIpc) is 3.50. The summed E-state index contributed by atoms with van der Waals surface area (Å²) in [6.07, 6.45) is 2.13. The van der Waals surface area contributed by atoms with Gasteiger partial charge in [-0.15, -0.1) is 24.1 Å². The van der Waals surface area contributed by atoms with Crippen molar-refractivity contribution in [3.8, 4) is 28.7 Å². The zero-order valence-corrected chi connectivity index (χ0v) is 19.8. The number of aromatic nitrogens is 4. The van der Waals surface area contributed by atoms with E-state index in [1.165, 1.54) is 11.1 Å². The van der Waals surface area contributed by atoms with Gasteiger partial charge in [0.05, 0.1) is 18.3 Å². The van der Waals surface area contributed by atoms with Crippen molar-refractivity contribution in [2.75, 3.05) is 0 Å². The highest BCUT2D eigenvalue weighted by atomic mass is 19.3. The van der Waals surface area contributed by atoms with Crippen LogP contribution in [-0.2, 0) is 18.3 Å². The van der Waals surface area contributed by atoms with Gasteiger partial charge in [-0.1, -0.05) is 17.3 Å². The highest BCUT2D eigenvalue weighted by Crippen LogP contribution is 2.48. The van der Waals surface area contributed by atoms with Gasteiger partial charge >= 0.3 is 6.29 Å². The van der Waals surface area contributed by atoms with E-state index in [9.17, 15) is 19.2 Å². The summed E-state index contributed by atoms with van der Waals surface area (Å²) in [6.45, 7) is 8.69. The predicted octanol–water partition coefficient (Wildman–Crippen LogP) is 4.21. The number of benzene rings is 1. The molecular weight excluding hydrogens is 458 g/mol. The third-order valence-electron chi connectivity index (χ3n) is 6.88. The minimum Gasteiger partial charge on any atom is -0.395 e. The summed E-state index contributed by atoms with van der Waals surface area (Å²) in [4.78, 5) is 0. The summed E-state index contributed by atoms with van der Waals surface area (Å²) in [5.74, 6) is -0.0811. The first kappa shape index (κ1) is 23.3. The molecule has 1 atom stereocenters. The van der Waals surface area contributed by atoms with Gasteiger partial charge in [-0.25, -0.2) is 0 Å². The first-order valence-corrected chi connectivity index (χ1v) is 11.3. The minimum atomic E-state index is -3.75. The lowest BCUT2D eigenvalue weighted by molar-refractivity contribution is -0.286. The van der Waals surface area contributed by atoms with Gasteiger partial charge in [0.2, 0.25) is 0 Å². The number of alkyl halides is 2. The molecule has 1 aromatic carbocycles. The maximum Gasteiger partial charge on any atom is 0.586 e. The predicted molar refractivity (Wildman–Crippen MR) is 119 cm³/mol. The lowest BCUT2D eigenvalue weighted by atomic mass is 9.87. The molecule has 0 aliphatic carbocycles. The van der Waals surface area contributed by atoms with Crippen LogP contribution < -0.4 is 9.47 Å². The van der Waals surface area contributed by atoms with Crippen molar-refractivity contribution in [3.05, 3.63) is 48.0 Å². The fraction of sp³-hybridized carbons (Fsp3) is 0.458. The Bertz CT molecular complexity index is 1320. The lowest BCUT2D eigenvalue weighted by Gasteiger charge is -2.33. The zero-order chi connectivity index (χ0) is 25.2. The van der Waals surface area contributed by atoms with Crippen molar-refractivity contribution in [2.45, 2.75) is 64.6 Å². The molecule has 0 amide bonds. The molecule has 0 N–H and O–H groups in total. The molecule has 183 valence electrons. The fourth-order valence-electron chi connectivity index (χ4n) is 5.17. The van der Waals surface area contributed by atoms with E-state index in [4.69, 9.17) is 0 Å². The van der Waals surface area contributed by atoms with Crippen molar-refractivity contribution < 1.29 is 23.5 Å². The summed E-state index contributed by atoms with van der Waals surface area (Å²) in [5.41, 5.74) is 0.786. The largest absolute Gasteiger partial charge is 0.586 e. The van der Waals surface area contributed by atoms with Crippen LogP contribution in [-0.4, -0.2) is 42.0 Å². The van der Waals surface area contributed by atoms with Gasteiger partial charge in [-0.3, -0.25) is 4.68 Å². The molecular formula is C24H25F2N6O3. The Morgan fingerprint density at radius 3 is 2.60 bits per heavy atom. The summed E-state index contributed by atoms with van der Waals surface area (Å²) >= 11 is 0. The molecule has 11 heteroatoms. The molecule has 1 fully saturated rings. The van der Waals surface area contributed by atoms with Crippen molar-refractivity contribution in [3.63, 3.8) is 0 Å². The Kier molecular flexibility index (Phi) is 5.16. The smallest absolute Gasteiger partial charge is 0.395 e. The molecule has 1 unspecified atom stereocenters. The van der Waals surface area contributed by atoms with Crippen LogP contribution in [0.5, 0.6) is 11.5 Å². The van der Waals surface area contributed by atoms with E-state index in [0.717, 1.165) is 6.42 Å². The second-order valence-electron chi connectivity index (χ2n) is 10.3. The normalized spacial score (nSPS) is 21.8. The van der Waals surface area contributed by atoms with E-state index in [1.807, 2.05) is 33.9 Å². The van der Waals surface area contributed by atoms with Gasteiger partial charge < -0.3 is 14.0 Å². The van der Waals surface area contributed by atoms with Crippen LogP contribution in [0.3, 0.4) is 0 Å². The van der Waals surface area contributed by atoms with Gasteiger partial charge in [0, 0.05) is 47.1 Å². The first-order chi connectivity index (χ1) is 16.4. The van der Waals surface area contributed by atoms with Gasteiger partial charge in [-0.2, -0.15) is 5.26 Å². The molecule has 5 rings (SSSR count). The molecule has 2 aliphatic heterocycles. The molecule has 4 heterocycles. The van der Waals surface area contributed by atoms with Crippen molar-refractivity contribution >= 4 is 0 Å². The number of ether oxygens (including phenoxy) is 2. The van der Waals surface area contributed by atoms with Crippen molar-refractivity contribution in [1.29, 1.82) is 5.26 Å². The first-order valence-electron chi connectivity index (χ1n) is 11.3. The van der Waals surface area contributed by atoms with Crippen LogP contribution in [0.2, 0.25) is 0 Å². The van der Waals surface area contributed by atoms with Gasteiger partial charge in [0.25, 0.3) is 0 Å². The molecule has 1 saturated heterocycles. The summed E-state index contributed by atoms with van der Waals surface area (Å²) in [5, 5.41) is 32.0. The van der Waals surface area contributed by atoms with Crippen molar-refractivity contribution in [2.24, 2.45) is 5.92 Å². The Labute approximate surface area is 201 Å². The lowest BCUT2D eigenvalue weighted by Crippen LogP contribution is -2.46. The van der Waals surface area contributed by atoms with Crippen LogP contribution in [0.1, 0.15) is 45.4 Å². The Morgan fingerprint density at radius 1 is 1.14 bits per heavy atom. The fourth-order valence-corrected chi connectivity index (χ4v) is 5.17. The number of nitrogens with zero attached hydrogens (tertiary/aromatic N) is 6. The monoisotopic (exact) mass is 483 g/mol. The zero-order valence-electron chi connectivity index (χ0n) is 19.8. The Morgan fingerprint density at radius 2 is 1.91 bits per heavy atom. The number of hydroxylamine groups is 2. The van der Waals surface area contributed by atoms with Crippen molar-refractivity contribution in [1.82, 2.24) is 24.6 Å². The van der Waals surface area contributed by atoms with E-state index in [-0.39, 0.29) is 17.4 Å². The Balaban J connectivity index is 1.36. The maximum absolute atomic E-state index is 13.6.